The number of hydrogen-bond acceptors (Lipinski definition) is 2. The minimum Gasteiger partial charge on any atom is -0.376 e. The van der Waals surface area contributed by atoms with E-state index in [1.807, 2.05) is 19.2 Å². The van der Waals surface area contributed by atoms with Gasteiger partial charge in [-0.15, -0.1) is 0 Å². The van der Waals surface area contributed by atoms with Gasteiger partial charge in [0, 0.05) is 0 Å². The van der Waals surface area contributed by atoms with Gasteiger partial charge in [0.25, 0.3) is 0 Å². The van der Waals surface area contributed by atoms with Crippen LogP contribution in [-0.2, 0) is 0 Å². The van der Waals surface area contributed by atoms with Gasteiger partial charge in [0.15, 0.2) is 0 Å². The molecule has 0 saturated carbocycles. The highest BCUT2D eigenvalue weighted by Gasteiger charge is 1.80. The average Bonchev–Trinajstić information content (AvgIpc) is 1.66. The van der Waals surface area contributed by atoms with Crippen molar-refractivity contribution in [3.8, 4) is 0 Å². The molecule has 2 heteroatoms. The van der Waals surface area contributed by atoms with E-state index < -0.39 is 0 Å². The van der Waals surface area contributed by atoms with E-state index in [1.165, 1.54) is 0 Å². The first-order chi connectivity index (χ1) is 3.77. The Kier molecular flexibility index (Phi) is 4.36. The fourth-order valence-electron chi connectivity index (χ4n) is 0.338. The zero-order chi connectivity index (χ0) is 6.41. The van der Waals surface area contributed by atoms with Crippen LogP contribution in [0, 0.1) is 0 Å². The topological polar surface area (TPSA) is 38.0 Å². The second kappa shape index (κ2) is 4.65. The summed E-state index contributed by atoms with van der Waals surface area (Å²) in [5, 5.41) is 2.94. The molecule has 1 unspecified atom stereocenters. The fourth-order valence-corrected chi connectivity index (χ4v) is 0.338. The van der Waals surface area contributed by atoms with Crippen molar-refractivity contribution < 1.29 is 0 Å². The summed E-state index contributed by atoms with van der Waals surface area (Å²) in [6, 6.07) is 0. The van der Waals surface area contributed by atoms with Crippen LogP contribution < -0.4 is 11.1 Å². The van der Waals surface area contributed by atoms with Crippen LogP contribution in [-0.4, -0.2) is 6.17 Å². The molecule has 0 rings (SSSR count). The predicted octanol–water partition coefficient (Wildman–Crippen LogP) is 0.804. The molecule has 2 nitrogen and oxygen atoms in total. The van der Waals surface area contributed by atoms with Crippen molar-refractivity contribution in [2.24, 2.45) is 5.73 Å². The standard InChI is InChI=1S/C6H14N2/c1-3-4-5-8-6(2)7/h4-6,8H,3,7H2,1-2H3/b5-4-. The predicted molar refractivity (Wildman–Crippen MR) is 36.2 cm³/mol. The Bertz CT molecular complexity index is 66.9. The molecule has 3 N–H and O–H groups in total. The molecule has 0 aromatic carbocycles. The maximum absolute atomic E-state index is 5.37. The zero-order valence-corrected chi connectivity index (χ0v) is 5.52. The van der Waals surface area contributed by atoms with Crippen LogP contribution in [0.4, 0.5) is 0 Å². The molecule has 0 radical (unpaired) electrons. The van der Waals surface area contributed by atoms with Crippen LogP contribution in [0.25, 0.3) is 0 Å². The molecule has 0 saturated heterocycles. The van der Waals surface area contributed by atoms with Gasteiger partial charge in [-0.3, -0.25) is 0 Å². The Morgan fingerprint density at radius 2 is 2.38 bits per heavy atom. The van der Waals surface area contributed by atoms with Crippen LogP contribution >= 0.6 is 0 Å². The third-order valence-corrected chi connectivity index (χ3v) is 0.713. The molecular formula is C6H14N2. The van der Waals surface area contributed by atoms with Crippen LogP contribution in [0.15, 0.2) is 12.3 Å². The second-order valence-electron chi connectivity index (χ2n) is 1.77. The normalized spacial score (nSPS) is 14.4. The highest BCUT2D eigenvalue weighted by Crippen LogP contribution is 1.75. The van der Waals surface area contributed by atoms with E-state index in [1.54, 1.807) is 0 Å². The van der Waals surface area contributed by atoms with Crippen molar-refractivity contribution in [3.63, 3.8) is 0 Å². The Morgan fingerprint density at radius 1 is 1.75 bits per heavy atom. The van der Waals surface area contributed by atoms with Crippen molar-refractivity contribution in [2.75, 3.05) is 0 Å². The lowest BCUT2D eigenvalue weighted by atomic mass is 10.5. The number of nitrogens with one attached hydrogen (secondary N) is 1. The van der Waals surface area contributed by atoms with Gasteiger partial charge in [0.2, 0.25) is 0 Å². The Morgan fingerprint density at radius 3 is 2.75 bits per heavy atom. The molecule has 8 heavy (non-hydrogen) atoms. The monoisotopic (exact) mass is 114 g/mol. The molecule has 48 valence electrons. The van der Waals surface area contributed by atoms with E-state index in [0.29, 0.717) is 0 Å². The van der Waals surface area contributed by atoms with Gasteiger partial charge >= 0.3 is 0 Å². The van der Waals surface area contributed by atoms with Crippen molar-refractivity contribution in [2.45, 2.75) is 26.4 Å². The largest absolute Gasteiger partial charge is 0.376 e. The first-order valence-electron chi connectivity index (χ1n) is 2.94. The minimum atomic E-state index is 0.0674. The van der Waals surface area contributed by atoms with Gasteiger partial charge in [0.05, 0.1) is 6.17 Å². The molecule has 0 heterocycles. The zero-order valence-electron chi connectivity index (χ0n) is 5.52. The molecule has 0 aliphatic carbocycles. The van der Waals surface area contributed by atoms with E-state index in [4.69, 9.17) is 5.73 Å². The molecule has 0 fully saturated rings. The van der Waals surface area contributed by atoms with Gasteiger partial charge in [-0.05, 0) is 19.5 Å². The Labute approximate surface area is 50.8 Å². The maximum Gasteiger partial charge on any atom is 0.0709 e. The lowest BCUT2D eigenvalue weighted by molar-refractivity contribution is 0.669. The molecule has 0 aliphatic heterocycles. The number of hydrogen-bond donors (Lipinski definition) is 2. The smallest absolute Gasteiger partial charge is 0.0709 e. The van der Waals surface area contributed by atoms with Gasteiger partial charge < -0.3 is 11.1 Å². The number of nitrogens with two attached hydrogens (primary N) is 1. The average molecular weight is 114 g/mol. The third kappa shape index (κ3) is 5.50. The van der Waals surface area contributed by atoms with E-state index >= 15 is 0 Å². The fraction of sp³-hybridized carbons (Fsp3) is 0.667. The molecule has 0 amide bonds. The van der Waals surface area contributed by atoms with Gasteiger partial charge in [-0.2, -0.15) is 0 Å². The summed E-state index contributed by atoms with van der Waals surface area (Å²) in [4.78, 5) is 0. The maximum atomic E-state index is 5.37. The van der Waals surface area contributed by atoms with Crippen molar-refractivity contribution in [3.05, 3.63) is 12.3 Å². The molecule has 0 spiro atoms. The molecule has 0 aromatic rings. The molecular weight excluding hydrogens is 100 g/mol. The Balaban J connectivity index is 3.03. The third-order valence-electron chi connectivity index (χ3n) is 0.713. The summed E-state index contributed by atoms with van der Waals surface area (Å²) in [6.45, 7) is 3.99. The quantitative estimate of drug-likeness (QED) is 0.533. The van der Waals surface area contributed by atoms with Crippen LogP contribution in [0.2, 0.25) is 0 Å². The minimum absolute atomic E-state index is 0.0674. The summed E-state index contributed by atoms with van der Waals surface area (Å²) < 4.78 is 0. The summed E-state index contributed by atoms with van der Waals surface area (Å²) in [7, 11) is 0. The van der Waals surface area contributed by atoms with Crippen molar-refractivity contribution >= 4 is 0 Å². The summed E-state index contributed by atoms with van der Waals surface area (Å²) in [6.07, 6.45) is 5.03. The lowest BCUT2D eigenvalue weighted by Gasteiger charge is -2.01. The number of allylic oxidation sites excluding steroid dienone is 1. The molecule has 0 aliphatic rings. The highest BCUT2D eigenvalue weighted by atomic mass is 15.0. The van der Waals surface area contributed by atoms with Crippen molar-refractivity contribution in [1.82, 2.24) is 5.32 Å². The molecule has 0 aromatic heterocycles. The SMILES string of the molecule is CC/C=C\NC(C)N. The van der Waals surface area contributed by atoms with E-state index in [9.17, 15) is 0 Å². The van der Waals surface area contributed by atoms with Crippen LogP contribution in [0.5, 0.6) is 0 Å². The van der Waals surface area contributed by atoms with Gasteiger partial charge in [-0.25, -0.2) is 0 Å². The second-order valence-corrected chi connectivity index (χ2v) is 1.77. The van der Waals surface area contributed by atoms with E-state index in [2.05, 4.69) is 12.2 Å². The van der Waals surface area contributed by atoms with Crippen LogP contribution in [0.1, 0.15) is 20.3 Å². The first kappa shape index (κ1) is 7.50. The first-order valence-corrected chi connectivity index (χ1v) is 2.94. The Hall–Kier alpha value is -0.500. The van der Waals surface area contributed by atoms with Gasteiger partial charge in [0.1, 0.15) is 0 Å². The summed E-state index contributed by atoms with van der Waals surface area (Å²) in [5.41, 5.74) is 5.37. The number of rotatable bonds is 3. The van der Waals surface area contributed by atoms with E-state index in [0.717, 1.165) is 6.42 Å². The van der Waals surface area contributed by atoms with E-state index in [-0.39, 0.29) is 6.17 Å². The molecule has 0 bridgehead atoms. The summed E-state index contributed by atoms with van der Waals surface area (Å²) in [5.74, 6) is 0. The van der Waals surface area contributed by atoms with Gasteiger partial charge in [-0.1, -0.05) is 13.0 Å². The van der Waals surface area contributed by atoms with Crippen LogP contribution in [0.3, 0.4) is 0 Å². The highest BCUT2D eigenvalue weighted by molar-refractivity contribution is 4.78. The van der Waals surface area contributed by atoms with Crippen molar-refractivity contribution in [1.29, 1.82) is 0 Å². The lowest BCUT2D eigenvalue weighted by Crippen LogP contribution is -2.29. The summed E-state index contributed by atoms with van der Waals surface area (Å²) >= 11 is 0. The molecule has 1 atom stereocenters.